The smallest absolute Gasteiger partial charge is 0.359 e. The number of carbonyl (C=O) groups is 1. The van der Waals surface area contributed by atoms with Gasteiger partial charge >= 0.3 is 6.18 Å². The van der Waals surface area contributed by atoms with Crippen LogP contribution in [0.3, 0.4) is 0 Å². The zero-order chi connectivity index (χ0) is 13.1. The minimum Gasteiger partial charge on any atom is -0.359 e. The van der Waals surface area contributed by atoms with Gasteiger partial charge in [-0.3, -0.25) is 4.79 Å². The number of hydrogen-bond donors (Lipinski definition) is 2. The van der Waals surface area contributed by atoms with Gasteiger partial charge < -0.3 is 11.1 Å². The Bertz CT molecular complexity index is 387. The van der Waals surface area contributed by atoms with Gasteiger partial charge in [0.25, 0.3) is 0 Å². The fraction of sp³-hybridized carbons (Fsp3) is 0.364. The summed E-state index contributed by atoms with van der Waals surface area (Å²) in [5, 5.41) is 2.40. The molecule has 0 radical (unpaired) electrons. The van der Waals surface area contributed by atoms with E-state index in [2.05, 4.69) is 5.32 Å². The molecule has 1 aromatic rings. The Morgan fingerprint density at radius 2 is 1.88 bits per heavy atom. The molecular weight excluding hydrogens is 233 g/mol. The van der Waals surface area contributed by atoms with Crippen molar-refractivity contribution < 1.29 is 18.0 Å². The van der Waals surface area contributed by atoms with E-state index in [1.165, 1.54) is 19.2 Å². The maximum absolute atomic E-state index is 12.3. The number of amides is 1. The van der Waals surface area contributed by atoms with Crippen molar-refractivity contribution in [3.05, 3.63) is 35.4 Å². The van der Waals surface area contributed by atoms with Gasteiger partial charge in [0, 0.05) is 19.5 Å². The first-order valence-corrected chi connectivity index (χ1v) is 4.98. The van der Waals surface area contributed by atoms with Crippen LogP contribution in [0.5, 0.6) is 0 Å². The number of alkyl halides is 3. The highest BCUT2D eigenvalue weighted by Gasteiger charge is 2.30. The largest absolute Gasteiger partial charge is 0.416 e. The molecule has 1 amide bonds. The molecule has 0 saturated carbocycles. The Morgan fingerprint density at radius 1 is 1.35 bits per heavy atom. The summed E-state index contributed by atoms with van der Waals surface area (Å²) in [4.78, 5) is 11.1. The molecule has 1 aromatic carbocycles. The highest BCUT2D eigenvalue weighted by atomic mass is 19.4. The van der Waals surface area contributed by atoms with Crippen LogP contribution in [0.2, 0.25) is 0 Å². The summed E-state index contributed by atoms with van der Waals surface area (Å²) in [5.74, 6) is -0.252. The first-order chi connectivity index (χ1) is 7.84. The van der Waals surface area contributed by atoms with Crippen LogP contribution in [0, 0.1) is 0 Å². The third-order valence-electron chi connectivity index (χ3n) is 2.35. The molecule has 0 aliphatic heterocycles. The molecule has 0 heterocycles. The molecule has 94 valence electrons. The van der Waals surface area contributed by atoms with Crippen LogP contribution in [0.4, 0.5) is 13.2 Å². The monoisotopic (exact) mass is 246 g/mol. The minimum absolute atomic E-state index is 0.0435. The molecule has 6 heteroatoms. The molecule has 17 heavy (non-hydrogen) atoms. The molecule has 0 fully saturated rings. The Labute approximate surface area is 96.8 Å². The van der Waals surface area contributed by atoms with Crippen molar-refractivity contribution in [3.8, 4) is 0 Å². The molecule has 0 bridgehead atoms. The highest BCUT2D eigenvalue weighted by molar-refractivity contribution is 5.76. The van der Waals surface area contributed by atoms with E-state index in [9.17, 15) is 18.0 Å². The number of nitrogens with one attached hydrogen (secondary N) is 1. The van der Waals surface area contributed by atoms with Gasteiger partial charge in [-0.1, -0.05) is 12.1 Å². The molecule has 0 aliphatic carbocycles. The van der Waals surface area contributed by atoms with Crippen molar-refractivity contribution in [2.24, 2.45) is 5.73 Å². The molecule has 0 aromatic heterocycles. The zero-order valence-electron chi connectivity index (χ0n) is 9.21. The standard InChI is InChI=1S/C11H13F3N2O/c1-16-10(17)6-9(15)7-2-4-8(5-3-7)11(12,13)14/h2-5,9H,6,15H2,1H3,(H,16,17)/t9-/m0/s1. The van der Waals surface area contributed by atoms with Gasteiger partial charge in [0.2, 0.25) is 5.91 Å². The summed E-state index contributed by atoms with van der Waals surface area (Å²) in [6.07, 6.45) is -4.31. The predicted molar refractivity (Wildman–Crippen MR) is 57.1 cm³/mol. The van der Waals surface area contributed by atoms with Crippen LogP contribution in [-0.4, -0.2) is 13.0 Å². The average Bonchev–Trinajstić information content (AvgIpc) is 2.27. The number of rotatable bonds is 3. The lowest BCUT2D eigenvalue weighted by Crippen LogP contribution is -2.24. The maximum Gasteiger partial charge on any atom is 0.416 e. The van der Waals surface area contributed by atoms with Crippen molar-refractivity contribution in [1.29, 1.82) is 0 Å². The molecular formula is C11H13F3N2O. The van der Waals surface area contributed by atoms with E-state index in [-0.39, 0.29) is 12.3 Å². The number of hydrogen-bond acceptors (Lipinski definition) is 2. The number of benzene rings is 1. The zero-order valence-corrected chi connectivity index (χ0v) is 9.21. The molecule has 3 N–H and O–H groups in total. The van der Waals surface area contributed by atoms with Crippen LogP contribution < -0.4 is 11.1 Å². The SMILES string of the molecule is CNC(=O)C[C@H](N)c1ccc(C(F)(F)F)cc1. The van der Waals surface area contributed by atoms with Gasteiger partial charge in [0.15, 0.2) is 0 Å². The fourth-order valence-corrected chi connectivity index (χ4v) is 1.34. The maximum atomic E-state index is 12.3. The Morgan fingerprint density at radius 3 is 2.29 bits per heavy atom. The molecule has 0 aliphatic rings. The Kier molecular flexibility index (Phi) is 4.11. The second kappa shape index (κ2) is 5.18. The predicted octanol–water partition coefficient (Wildman–Crippen LogP) is 1.84. The van der Waals surface area contributed by atoms with Crippen LogP contribution in [0.1, 0.15) is 23.6 Å². The van der Waals surface area contributed by atoms with E-state index in [0.29, 0.717) is 5.56 Å². The van der Waals surface area contributed by atoms with Crippen LogP contribution in [-0.2, 0) is 11.0 Å². The van der Waals surface area contributed by atoms with E-state index in [1.54, 1.807) is 0 Å². The summed E-state index contributed by atoms with van der Waals surface area (Å²) >= 11 is 0. The number of nitrogens with two attached hydrogens (primary N) is 1. The number of halogens is 3. The normalized spacial score (nSPS) is 13.2. The van der Waals surface area contributed by atoms with E-state index in [4.69, 9.17) is 5.73 Å². The third-order valence-corrected chi connectivity index (χ3v) is 2.35. The van der Waals surface area contributed by atoms with Gasteiger partial charge in [-0.15, -0.1) is 0 Å². The van der Waals surface area contributed by atoms with Crippen LogP contribution in [0.25, 0.3) is 0 Å². The van der Waals surface area contributed by atoms with Gasteiger partial charge in [0.1, 0.15) is 0 Å². The lowest BCUT2D eigenvalue weighted by molar-refractivity contribution is -0.137. The first-order valence-electron chi connectivity index (χ1n) is 4.98. The van der Waals surface area contributed by atoms with E-state index < -0.39 is 17.8 Å². The van der Waals surface area contributed by atoms with E-state index >= 15 is 0 Å². The quantitative estimate of drug-likeness (QED) is 0.855. The first kappa shape index (κ1) is 13.5. The fourth-order valence-electron chi connectivity index (χ4n) is 1.34. The van der Waals surface area contributed by atoms with E-state index in [0.717, 1.165) is 12.1 Å². The van der Waals surface area contributed by atoms with Crippen molar-refractivity contribution in [1.82, 2.24) is 5.32 Å². The second-order valence-electron chi connectivity index (χ2n) is 3.60. The summed E-state index contributed by atoms with van der Waals surface area (Å²) in [6.45, 7) is 0. The molecule has 0 unspecified atom stereocenters. The second-order valence-corrected chi connectivity index (χ2v) is 3.60. The minimum atomic E-state index is -4.36. The van der Waals surface area contributed by atoms with Gasteiger partial charge in [-0.2, -0.15) is 13.2 Å². The van der Waals surface area contributed by atoms with Crippen molar-refractivity contribution in [2.45, 2.75) is 18.6 Å². The summed E-state index contributed by atoms with van der Waals surface area (Å²) in [7, 11) is 1.47. The van der Waals surface area contributed by atoms with Crippen LogP contribution in [0.15, 0.2) is 24.3 Å². The lowest BCUT2D eigenvalue weighted by Gasteiger charge is -2.12. The number of carbonyl (C=O) groups excluding carboxylic acids is 1. The van der Waals surface area contributed by atoms with Gasteiger partial charge in [0.05, 0.1) is 5.56 Å². The molecule has 1 atom stereocenters. The average molecular weight is 246 g/mol. The lowest BCUT2D eigenvalue weighted by atomic mass is 10.0. The van der Waals surface area contributed by atoms with Crippen LogP contribution >= 0.6 is 0 Å². The van der Waals surface area contributed by atoms with E-state index in [1.807, 2.05) is 0 Å². The molecule has 0 saturated heterocycles. The molecule has 3 nitrogen and oxygen atoms in total. The third kappa shape index (κ3) is 3.74. The molecule has 1 rings (SSSR count). The van der Waals surface area contributed by atoms with Crippen molar-refractivity contribution in [2.75, 3.05) is 7.05 Å². The van der Waals surface area contributed by atoms with Crippen molar-refractivity contribution >= 4 is 5.91 Å². The highest BCUT2D eigenvalue weighted by Crippen LogP contribution is 2.29. The Balaban J connectivity index is 2.77. The summed E-state index contributed by atoms with van der Waals surface area (Å²) < 4.78 is 36.9. The topological polar surface area (TPSA) is 55.1 Å². The Hall–Kier alpha value is -1.56. The van der Waals surface area contributed by atoms with Gasteiger partial charge in [-0.25, -0.2) is 0 Å². The molecule has 0 spiro atoms. The van der Waals surface area contributed by atoms with Gasteiger partial charge in [-0.05, 0) is 17.7 Å². The summed E-state index contributed by atoms with van der Waals surface area (Å²) in [5.41, 5.74) is 5.46. The van der Waals surface area contributed by atoms with Crippen molar-refractivity contribution in [3.63, 3.8) is 0 Å². The summed E-state index contributed by atoms with van der Waals surface area (Å²) in [6, 6.07) is 3.89.